The van der Waals surface area contributed by atoms with E-state index in [1.54, 1.807) is 0 Å². The number of carboxylic acids is 1. The molecule has 1 unspecified atom stereocenters. The number of fused-ring (bicyclic) bond motifs is 1. The van der Waals surface area contributed by atoms with Crippen molar-refractivity contribution in [1.82, 2.24) is 15.2 Å². The molecular weight excluding hydrogens is 521 g/mol. The van der Waals surface area contributed by atoms with Crippen LogP contribution >= 0.6 is 11.3 Å². The second-order valence-electron chi connectivity index (χ2n) is 8.86. The first-order chi connectivity index (χ1) is 18.1. The smallest absolute Gasteiger partial charge is 0.475 e. The molecule has 0 aliphatic carbocycles. The van der Waals surface area contributed by atoms with Crippen molar-refractivity contribution in [1.29, 1.82) is 0 Å². The summed E-state index contributed by atoms with van der Waals surface area (Å²) in [6, 6.07) is 18.3. The van der Waals surface area contributed by atoms with E-state index in [1.807, 2.05) is 36.4 Å². The van der Waals surface area contributed by atoms with Crippen LogP contribution in [-0.4, -0.2) is 72.9 Å². The largest absolute Gasteiger partial charge is 0.490 e. The highest BCUT2D eigenvalue weighted by Gasteiger charge is 2.38. The number of alkyl halides is 3. The van der Waals surface area contributed by atoms with E-state index in [4.69, 9.17) is 19.6 Å². The number of hydrogen-bond donors (Lipinski definition) is 2. The average molecular weight is 549 g/mol. The second kappa shape index (κ2) is 11.9. The number of halogens is 3. The molecule has 2 N–H and O–H groups in total. The molecule has 0 bridgehead atoms. The van der Waals surface area contributed by atoms with Crippen molar-refractivity contribution < 1.29 is 32.6 Å². The van der Waals surface area contributed by atoms with Gasteiger partial charge in [0.15, 0.2) is 5.13 Å². The fraction of sp³-hybridized carbons (Fsp3) is 0.346. The standard InChI is InChI=1S/C24H26N4O2S.C2HF3O2/c1-27-15-18-9-5-6-10-19(18)20(16-27)25-23(29)22-21(17-7-3-2-4-8-17)26-24(31-22)28-11-13-30-14-12-28;3-2(4,5)1(6)7/h2-10,20H,11-16H2,1H3,(H,25,29);(H,6,7). The molecule has 0 saturated carbocycles. The van der Waals surface area contributed by atoms with Crippen LogP contribution in [-0.2, 0) is 16.1 Å². The zero-order chi connectivity index (χ0) is 27.3. The lowest BCUT2D eigenvalue weighted by molar-refractivity contribution is -0.192. The summed E-state index contributed by atoms with van der Waals surface area (Å²) in [6.45, 7) is 4.66. The molecule has 1 fully saturated rings. The molecule has 5 rings (SSSR count). The Labute approximate surface area is 221 Å². The van der Waals surface area contributed by atoms with Gasteiger partial charge < -0.3 is 20.1 Å². The van der Waals surface area contributed by atoms with E-state index in [1.165, 1.54) is 22.5 Å². The van der Waals surface area contributed by atoms with Gasteiger partial charge >= 0.3 is 12.1 Å². The number of thiazole rings is 1. The number of aromatic nitrogens is 1. The summed E-state index contributed by atoms with van der Waals surface area (Å²) in [6.07, 6.45) is -5.08. The highest BCUT2D eigenvalue weighted by Crippen LogP contribution is 2.34. The normalized spacial score (nSPS) is 17.7. The van der Waals surface area contributed by atoms with E-state index in [2.05, 4.69) is 40.4 Å². The molecule has 1 atom stereocenters. The molecule has 202 valence electrons. The van der Waals surface area contributed by atoms with Gasteiger partial charge in [0, 0.05) is 31.7 Å². The molecule has 2 aliphatic rings. The van der Waals surface area contributed by atoms with Gasteiger partial charge in [0.05, 0.1) is 24.9 Å². The molecule has 0 spiro atoms. The fourth-order valence-corrected chi connectivity index (χ4v) is 5.32. The minimum Gasteiger partial charge on any atom is -0.475 e. The third kappa shape index (κ3) is 6.69. The van der Waals surface area contributed by atoms with Crippen LogP contribution in [0, 0.1) is 0 Å². The number of aliphatic carboxylic acids is 1. The van der Waals surface area contributed by atoms with E-state index in [0.717, 1.165) is 42.6 Å². The molecule has 12 heteroatoms. The highest BCUT2D eigenvalue weighted by molar-refractivity contribution is 7.18. The number of nitrogens with one attached hydrogen (secondary N) is 1. The Hall–Kier alpha value is -3.48. The average Bonchev–Trinajstić information content (AvgIpc) is 3.35. The Bertz CT molecular complexity index is 1260. The Morgan fingerprint density at radius 1 is 1.08 bits per heavy atom. The number of hydrogen-bond acceptors (Lipinski definition) is 7. The van der Waals surface area contributed by atoms with E-state index >= 15 is 0 Å². The maximum atomic E-state index is 13.5. The van der Waals surface area contributed by atoms with Crippen molar-refractivity contribution in [2.75, 3.05) is 44.8 Å². The Balaban J connectivity index is 0.000000426. The minimum absolute atomic E-state index is 0.0417. The van der Waals surface area contributed by atoms with E-state index < -0.39 is 12.1 Å². The summed E-state index contributed by atoms with van der Waals surface area (Å²) in [5.74, 6) is -2.82. The van der Waals surface area contributed by atoms with Crippen LogP contribution in [0.4, 0.5) is 18.3 Å². The van der Waals surface area contributed by atoms with Gasteiger partial charge in [0.1, 0.15) is 4.88 Å². The monoisotopic (exact) mass is 548 g/mol. The van der Waals surface area contributed by atoms with Crippen LogP contribution < -0.4 is 10.2 Å². The number of rotatable bonds is 4. The third-order valence-electron chi connectivity index (χ3n) is 6.06. The van der Waals surface area contributed by atoms with Crippen molar-refractivity contribution in [2.45, 2.75) is 18.8 Å². The number of carbonyl (C=O) groups is 2. The Morgan fingerprint density at radius 2 is 1.71 bits per heavy atom. The minimum atomic E-state index is -5.08. The molecule has 1 aromatic heterocycles. The van der Waals surface area contributed by atoms with Crippen LogP contribution in [0.5, 0.6) is 0 Å². The van der Waals surface area contributed by atoms with E-state index in [0.29, 0.717) is 18.1 Å². The maximum absolute atomic E-state index is 13.5. The molecule has 0 radical (unpaired) electrons. The summed E-state index contributed by atoms with van der Waals surface area (Å²) in [7, 11) is 2.09. The Morgan fingerprint density at radius 3 is 2.37 bits per heavy atom. The van der Waals surface area contributed by atoms with Crippen molar-refractivity contribution in [2.24, 2.45) is 0 Å². The quantitative estimate of drug-likeness (QED) is 0.505. The van der Waals surface area contributed by atoms with Crippen molar-refractivity contribution in [3.8, 4) is 11.3 Å². The predicted octanol–water partition coefficient (Wildman–Crippen LogP) is 4.20. The lowest BCUT2D eigenvalue weighted by Gasteiger charge is -2.32. The molecule has 1 saturated heterocycles. The maximum Gasteiger partial charge on any atom is 0.490 e. The second-order valence-corrected chi connectivity index (χ2v) is 9.84. The van der Waals surface area contributed by atoms with Gasteiger partial charge in [-0.15, -0.1) is 0 Å². The number of carboxylic acid groups (broad SMARTS) is 1. The van der Waals surface area contributed by atoms with Crippen LogP contribution in [0.1, 0.15) is 26.8 Å². The number of carbonyl (C=O) groups excluding carboxylic acids is 1. The van der Waals surface area contributed by atoms with Gasteiger partial charge in [-0.3, -0.25) is 9.69 Å². The van der Waals surface area contributed by atoms with Gasteiger partial charge in [-0.1, -0.05) is 65.9 Å². The molecular formula is C26H27F3N4O4S. The van der Waals surface area contributed by atoms with Gasteiger partial charge in [-0.25, -0.2) is 9.78 Å². The molecule has 1 amide bonds. The fourth-order valence-electron chi connectivity index (χ4n) is 4.28. The summed E-state index contributed by atoms with van der Waals surface area (Å²) < 4.78 is 37.2. The zero-order valence-electron chi connectivity index (χ0n) is 20.6. The molecule has 2 aromatic carbocycles. The van der Waals surface area contributed by atoms with Crippen LogP contribution in [0.2, 0.25) is 0 Å². The lowest BCUT2D eigenvalue weighted by Crippen LogP contribution is -2.40. The molecule has 3 heterocycles. The number of likely N-dealkylation sites (N-methyl/N-ethyl adjacent to an activating group) is 1. The molecule has 3 aromatic rings. The van der Waals surface area contributed by atoms with Crippen molar-refractivity contribution in [3.05, 3.63) is 70.6 Å². The van der Waals surface area contributed by atoms with Gasteiger partial charge in [-0.05, 0) is 18.2 Å². The van der Waals surface area contributed by atoms with Crippen LogP contribution in [0.15, 0.2) is 54.6 Å². The molecule has 38 heavy (non-hydrogen) atoms. The van der Waals surface area contributed by atoms with Crippen LogP contribution in [0.3, 0.4) is 0 Å². The Kier molecular flexibility index (Phi) is 8.65. The van der Waals surface area contributed by atoms with Crippen LogP contribution in [0.25, 0.3) is 11.3 Å². The summed E-state index contributed by atoms with van der Waals surface area (Å²) >= 11 is 1.47. The van der Waals surface area contributed by atoms with Gasteiger partial charge in [-0.2, -0.15) is 13.2 Å². The van der Waals surface area contributed by atoms with Crippen molar-refractivity contribution in [3.63, 3.8) is 0 Å². The lowest BCUT2D eigenvalue weighted by atomic mass is 9.95. The highest BCUT2D eigenvalue weighted by atomic mass is 32.1. The van der Waals surface area contributed by atoms with Gasteiger partial charge in [0.2, 0.25) is 0 Å². The number of anilines is 1. The van der Waals surface area contributed by atoms with Crippen molar-refractivity contribution >= 4 is 28.3 Å². The number of morpholine rings is 1. The molecule has 2 aliphatic heterocycles. The third-order valence-corrected chi connectivity index (χ3v) is 7.18. The predicted molar refractivity (Wildman–Crippen MR) is 137 cm³/mol. The first-order valence-electron chi connectivity index (χ1n) is 11.9. The molecule has 8 nitrogen and oxygen atoms in total. The summed E-state index contributed by atoms with van der Waals surface area (Å²) in [4.78, 5) is 32.4. The summed E-state index contributed by atoms with van der Waals surface area (Å²) in [5, 5.41) is 11.3. The first kappa shape index (κ1) is 27.6. The van der Waals surface area contributed by atoms with E-state index in [9.17, 15) is 18.0 Å². The number of amides is 1. The number of nitrogens with zero attached hydrogens (tertiary/aromatic N) is 3. The summed E-state index contributed by atoms with van der Waals surface area (Å²) in [5.41, 5.74) is 4.18. The zero-order valence-corrected chi connectivity index (χ0v) is 21.4. The SMILES string of the molecule is CN1Cc2ccccc2C(NC(=O)c2sc(N3CCOCC3)nc2-c2ccccc2)C1.O=C(O)C(F)(F)F. The number of benzene rings is 2. The van der Waals surface area contributed by atoms with Gasteiger partial charge in [0.25, 0.3) is 5.91 Å². The number of ether oxygens (including phenoxy) is 1. The topological polar surface area (TPSA) is 95.0 Å². The van der Waals surface area contributed by atoms with E-state index in [-0.39, 0.29) is 11.9 Å². The first-order valence-corrected chi connectivity index (χ1v) is 12.7.